The fourth-order valence-electron chi connectivity index (χ4n) is 1.80. The Bertz CT molecular complexity index is 518. The number of carbonyl (C=O) groups excluding carboxylic acids is 1. The van der Waals surface area contributed by atoms with E-state index in [4.69, 9.17) is 11.6 Å². The zero-order valence-corrected chi connectivity index (χ0v) is 12.0. The second-order valence-electron chi connectivity index (χ2n) is 4.47. The molecular formula is C13H16ClFN2O3. The molecule has 0 spiro atoms. The lowest BCUT2D eigenvalue weighted by Crippen LogP contribution is -2.42. The number of carbonyl (C=O) groups is 2. The summed E-state index contributed by atoms with van der Waals surface area (Å²) in [6.45, 7) is 3.42. The van der Waals surface area contributed by atoms with Crippen molar-refractivity contribution in [3.8, 4) is 0 Å². The predicted octanol–water partition coefficient (Wildman–Crippen LogP) is 2.49. The lowest BCUT2D eigenvalue weighted by molar-refractivity contribution is -0.149. The van der Waals surface area contributed by atoms with E-state index in [0.29, 0.717) is 12.8 Å². The number of nitrogens with zero attached hydrogens (tertiary/aromatic N) is 1. The van der Waals surface area contributed by atoms with Crippen LogP contribution < -0.4 is 5.32 Å². The van der Waals surface area contributed by atoms with E-state index in [2.05, 4.69) is 10.3 Å². The summed E-state index contributed by atoms with van der Waals surface area (Å²) in [7, 11) is 0. The van der Waals surface area contributed by atoms with Crippen LogP contribution in [0.15, 0.2) is 12.3 Å². The summed E-state index contributed by atoms with van der Waals surface area (Å²) in [5.41, 5.74) is -1.15. The smallest absolute Gasteiger partial charge is 0.311 e. The van der Waals surface area contributed by atoms with Crippen molar-refractivity contribution in [3.05, 3.63) is 28.8 Å². The van der Waals surface area contributed by atoms with Crippen molar-refractivity contribution >= 4 is 23.5 Å². The van der Waals surface area contributed by atoms with E-state index in [0.717, 1.165) is 12.3 Å². The van der Waals surface area contributed by atoms with Crippen molar-refractivity contribution in [2.24, 2.45) is 5.41 Å². The van der Waals surface area contributed by atoms with E-state index in [-0.39, 0.29) is 17.3 Å². The molecule has 1 rings (SSSR count). The van der Waals surface area contributed by atoms with Crippen LogP contribution in [0.25, 0.3) is 0 Å². The van der Waals surface area contributed by atoms with Crippen LogP contribution in [-0.2, 0) is 4.79 Å². The number of hydrogen-bond donors (Lipinski definition) is 2. The monoisotopic (exact) mass is 302 g/mol. The zero-order valence-electron chi connectivity index (χ0n) is 11.2. The van der Waals surface area contributed by atoms with E-state index >= 15 is 0 Å². The highest BCUT2D eigenvalue weighted by molar-refractivity contribution is 6.32. The molecule has 20 heavy (non-hydrogen) atoms. The third-order valence-corrected chi connectivity index (χ3v) is 3.75. The van der Waals surface area contributed by atoms with Gasteiger partial charge in [-0.1, -0.05) is 25.4 Å². The zero-order chi connectivity index (χ0) is 15.3. The Morgan fingerprint density at radius 3 is 2.55 bits per heavy atom. The summed E-state index contributed by atoms with van der Waals surface area (Å²) in [5.74, 6) is -2.31. The second-order valence-corrected chi connectivity index (χ2v) is 4.83. The lowest BCUT2D eigenvalue weighted by Gasteiger charge is -2.26. The van der Waals surface area contributed by atoms with Gasteiger partial charge in [-0.2, -0.15) is 0 Å². The molecule has 2 N–H and O–H groups in total. The van der Waals surface area contributed by atoms with Crippen molar-refractivity contribution in [2.45, 2.75) is 26.7 Å². The van der Waals surface area contributed by atoms with Crippen LogP contribution in [0.2, 0.25) is 5.15 Å². The highest BCUT2D eigenvalue weighted by Gasteiger charge is 2.35. The van der Waals surface area contributed by atoms with Gasteiger partial charge < -0.3 is 10.4 Å². The highest BCUT2D eigenvalue weighted by atomic mass is 35.5. The van der Waals surface area contributed by atoms with E-state index in [1.165, 1.54) is 0 Å². The van der Waals surface area contributed by atoms with Crippen LogP contribution in [0, 0.1) is 11.2 Å². The average molecular weight is 303 g/mol. The minimum absolute atomic E-state index is 0.0546. The first kappa shape index (κ1) is 16.4. The number of carboxylic acids is 1. The molecule has 0 radical (unpaired) electrons. The lowest BCUT2D eigenvalue weighted by atomic mass is 9.82. The first-order valence-electron chi connectivity index (χ1n) is 6.19. The number of rotatable bonds is 6. The standard InChI is InChI=1S/C13H16ClFN2O3/c1-3-13(4-2,12(19)20)7-17-11(18)9-5-8(15)6-16-10(9)14/h5-6H,3-4,7H2,1-2H3,(H,17,18)(H,19,20). The maximum atomic E-state index is 13.0. The predicted molar refractivity (Wildman–Crippen MR) is 72.2 cm³/mol. The SMILES string of the molecule is CCC(CC)(CNC(=O)c1cc(F)cnc1Cl)C(=O)O. The average Bonchev–Trinajstić information content (AvgIpc) is 2.42. The van der Waals surface area contributed by atoms with Crippen LogP contribution in [-0.4, -0.2) is 28.5 Å². The molecule has 0 saturated heterocycles. The molecule has 0 fully saturated rings. The molecule has 1 aromatic heterocycles. The minimum atomic E-state index is -1.04. The number of carboxylic acid groups (broad SMARTS) is 1. The van der Waals surface area contributed by atoms with Gasteiger partial charge in [-0.05, 0) is 18.9 Å². The van der Waals surface area contributed by atoms with Crippen molar-refractivity contribution in [1.29, 1.82) is 0 Å². The van der Waals surface area contributed by atoms with Crippen LogP contribution in [0.5, 0.6) is 0 Å². The van der Waals surface area contributed by atoms with Gasteiger partial charge in [0.1, 0.15) is 11.0 Å². The topological polar surface area (TPSA) is 79.3 Å². The summed E-state index contributed by atoms with van der Waals surface area (Å²) in [6, 6.07) is 0.963. The number of pyridine rings is 1. The number of hydrogen-bond acceptors (Lipinski definition) is 3. The molecule has 0 aliphatic rings. The Labute approximate surface area is 121 Å². The van der Waals surface area contributed by atoms with Gasteiger partial charge in [-0.25, -0.2) is 9.37 Å². The first-order chi connectivity index (χ1) is 9.36. The van der Waals surface area contributed by atoms with Gasteiger partial charge in [-0.15, -0.1) is 0 Å². The van der Waals surface area contributed by atoms with Gasteiger partial charge in [0, 0.05) is 6.54 Å². The van der Waals surface area contributed by atoms with Crippen LogP contribution >= 0.6 is 11.6 Å². The maximum absolute atomic E-state index is 13.0. The van der Waals surface area contributed by atoms with Crippen molar-refractivity contribution in [1.82, 2.24) is 10.3 Å². The third-order valence-electron chi connectivity index (χ3n) is 3.44. The van der Waals surface area contributed by atoms with Crippen molar-refractivity contribution < 1.29 is 19.1 Å². The molecule has 110 valence electrons. The highest BCUT2D eigenvalue weighted by Crippen LogP contribution is 2.26. The molecule has 1 amide bonds. The minimum Gasteiger partial charge on any atom is -0.481 e. The number of aromatic nitrogens is 1. The van der Waals surface area contributed by atoms with Crippen LogP contribution in [0.4, 0.5) is 4.39 Å². The molecule has 0 aliphatic carbocycles. The summed E-state index contributed by atoms with van der Waals surface area (Å²) < 4.78 is 13.0. The van der Waals surface area contributed by atoms with E-state index in [1.807, 2.05) is 0 Å². The number of halogens is 2. The molecular weight excluding hydrogens is 287 g/mol. The fraction of sp³-hybridized carbons (Fsp3) is 0.462. The Kier molecular flexibility index (Phi) is 5.44. The van der Waals surface area contributed by atoms with Gasteiger partial charge in [0.25, 0.3) is 5.91 Å². The summed E-state index contributed by atoms with van der Waals surface area (Å²) in [6.07, 6.45) is 1.64. The Balaban J connectivity index is 2.86. The molecule has 1 heterocycles. The first-order valence-corrected chi connectivity index (χ1v) is 6.56. The number of nitrogens with one attached hydrogen (secondary N) is 1. The Hall–Kier alpha value is -1.69. The second kappa shape index (κ2) is 6.65. The molecule has 0 atom stereocenters. The number of amides is 1. The molecule has 0 unspecified atom stereocenters. The quantitative estimate of drug-likeness (QED) is 0.791. The normalized spacial score (nSPS) is 11.2. The summed E-state index contributed by atoms with van der Waals surface area (Å²) in [5, 5.41) is 11.6. The van der Waals surface area contributed by atoms with Gasteiger partial charge in [0.05, 0.1) is 17.2 Å². The molecule has 0 aromatic carbocycles. The Morgan fingerprint density at radius 2 is 2.05 bits per heavy atom. The third kappa shape index (κ3) is 3.45. The van der Waals surface area contributed by atoms with E-state index in [9.17, 15) is 19.1 Å². The van der Waals surface area contributed by atoms with Gasteiger partial charge in [0.15, 0.2) is 0 Å². The van der Waals surface area contributed by atoms with Crippen molar-refractivity contribution in [3.63, 3.8) is 0 Å². The largest absolute Gasteiger partial charge is 0.481 e. The summed E-state index contributed by atoms with van der Waals surface area (Å²) >= 11 is 5.72. The van der Waals surface area contributed by atoms with Gasteiger partial charge in [0.2, 0.25) is 0 Å². The van der Waals surface area contributed by atoms with Crippen LogP contribution in [0.3, 0.4) is 0 Å². The molecule has 0 aliphatic heterocycles. The summed E-state index contributed by atoms with van der Waals surface area (Å²) in [4.78, 5) is 26.8. The number of aliphatic carboxylic acids is 1. The molecule has 0 saturated carbocycles. The van der Waals surface area contributed by atoms with Gasteiger partial charge >= 0.3 is 5.97 Å². The molecule has 0 bridgehead atoms. The Morgan fingerprint density at radius 1 is 1.45 bits per heavy atom. The molecule has 7 heteroatoms. The van der Waals surface area contributed by atoms with E-state index in [1.54, 1.807) is 13.8 Å². The van der Waals surface area contributed by atoms with Crippen LogP contribution in [0.1, 0.15) is 37.0 Å². The maximum Gasteiger partial charge on any atom is 0.311 e. The molecule has 1 aromatic rings. The fourth-order valence-corrected chi connectivity index (χ4v) is 1.99. The molecule has 5 nitrogen and oxygen atoms in total. The van der Waals surface area contributed by atoms with Crippen molar-refractivity contribution in [2.75, 3.05) is 6.54 Å². The van der Waals surface area contributed by atoms with E-state index < -0.39 is 23.1 Å². The van der Waals surface area contributed by atoms with Gasteiger partial charge in [-0.3, -0.25) is 9.59 Å².